The van der Waals surface area contributed by atoms with Gasteiger partial charge in [-0.25, -0.2) is 18.1 Å². The quantitative estimate of drug-likeness (QED) is 0.272. The number of hydrogen-bond acceptors (Lipinski definition) is 7. The molecule has 1 heterocycles. The highest BCUT2D eigenvalue weighted by Gasteiger charge is 2.38. The predicted molar refractivity (Wildman–Crippen MR) is 154 cm³/mol. The van der Waals surface area contributed by atoms with Crippen LogP contribution in [0.25, 0.3) is 0 Å². The maximum absolute atomic E-state index is 14.2. The van der Waals surface area contributed by atoms with Gasteiger partial charge in [0.15, 0.2) is 0 Å². The first kappa shape index (κ1) is 29.8. The van der Waals surface area contributed by atoms with Crippen LogP contribution in [0, 0.1) is 10.1 Å². The molecule has 1 fully saturated rings. The van der Waals surface area contributed by atoms with Crippen molar-refractivity contribution in [1.29, 1.82) is 0 Å². The maximum atomic E-state index is 14.2. The molecular formula is C28H43N5O4S. The Morgan fingerprint density at radius 1 is 0.974 bits per heavy atom. The molecule has 0 aliphatic heterocycles. The number of nitro benzene ring substituents is 1. The van der Waals surface area contributed by atoms with E-state index in [9.17, 15) is 18.5 Å². The van der Waals surface area contributed by atoms with Crippen LogP contribution in [-0.4, -0.2) is 44.5 Å². The van der Waals surface area contributed by atoms with Crippen LogP contribution >= 0.6 is 0 Å². The van der Waals surface area contributed by atoms with Crippen molar-refractivity contribution in [3.05, 3.63) is 51.2 Å². The van der Waals surface area contributed by atoms with Gasteiger partial charge in [0.1, 0.15) is 5.82 Å². The Bertz CT molecular complexity index is 1260. The first-order valence-electron chi connectivity index (χ1n) is 13.5. The van der Waals surface area contributed by atoms with Crippen LogP contribution in [0.1, 0.15) is 102 Å². The number of nitrogens with one attached hydrogen (secondary N) is 2. The largest absolute Gasteiger partial charge is 0.378 e. The highest BCUT2D eigenvalue weighted by atomic mass is 32.2. The number of rotatable bonds is 10. The number of aromatic nitrogens is 1. The van der Waals surface area contributed by atoms with Crippen LogP contribution in [0.4, 0.5) is 17.2 Å². The van der Waals surface area contributed by atoms with Gasteiger partial charge in [0, 0.05) is 49.7 Å². The Balaban J connectivity index is 2.09. The minimum atomic E-state index is -4.08. The van der Waals surface area contributed by atoms with Crippen molar-refractivity contribution in [2.45, 2.75) is 102 Å². The van der Waals surface area contributed by atoms with Gasteiger partial charge in [-0.3, -0.25) is 10.1 Å². The third-order valence-corrected chi connectivity index (χ3v) is 8.89. The van der Waals surface area contributed by atoms with E-state index in [1.165, 1.54) is 0 Å². The van der Waals surface area contributed by atoms with Gasteiger partial charge in [0.25, 0.3) is 5.69 Å². The topological polar surface area (TPSA) is 117 Å². The van der Waals surface area contributed by atoms with Gasteiger partial charge in [-0.05, 0) is 48.3 Å². The number of nitro groups is 1. The molecule has 1 aliphatic rings. The summed E-state index contributed by atoms with van der Waals surface area (Å²) in [7, 11) is -0.165. The van der Waals surface area contributed by atoms with Gasteiger partial charge in [-0.15, -0.1) is 0 Å². The minimum absolute atomic E-state index is 0.0654. The third-order valence-electron chi connectivity index (χ3n) is 7.28. The molecule has 1 aromatic carbocycles. The van der Waals surface area contributed by atoms with Gasteiger partial charge >= 0.3 is 0 Å². The zero-order chi connectivity index (χ0) is 28.4. The molecule has 10 heteroatoms. The zero-order valence-electron chi connectivity index (χ0n) is 23.9. The van der Waals surface area contributed by atoms with E-state index in [1.54, 1.807) is 12.3 Å². The van der Waals surface area contributed by atoms with Crippen molar-refractivity contribution in [3.63, 3.8) is 0 Å². The lowest BCUT2D eigenvalue weighted by Gasteiger charge is -2.34. The van der Waals surface area contributed by atoms with Gasteiger partial charge in [-0.1, -0.05) is 54.4 Å². The molecule has 1 aliphatic carbocycles. The molecule has 9 nitrogen and oxygen atoms in total. The fourth-order valence-electron chi connectivity index (χ4n) is 5.30. The van der Waals surface area contributed by atoms with Crippen molar-refractivity contribution in [1.82, 2.24) is 9.71 Å². The van der Waals surface area contributed by atoms with E-state index < -0.39 is 14.9 Å². The summed E-state index contributed by atoms with van der Waals surface area (Å²) in [6.45, 7) is 11.3. The molecule has 3 rings (SSSR count). The molecule has 1 aromatic heterocycles. The van der Waals surface area contributed by atoms with Gasteiger partial charge in [0.05, 0.1) is 15.4 Å². The number of pyridine rings is 1. The molecule has 2 atom stereocenters. The second-order valence-electron chi connectivity index (χ2n) is 11.4. The highest BCUT2D eigenvalue weighted by molar-refractivity contribution is 7.89. The van der Waals surface area contributed by atoms with Gasteiger partial charge in [0.2, 0.25) is 10.0 Å². The summed E-state index contributed by atoms with van der Waals surface area (Å²) in [6.07, 6.45) is 5.08. The molecule has 38 heavy (non-hydrogen) atoms. The van der Waals surface area contributed by atoms with Crippen molar-refractivity contribution < 1.29 is 13.3 Å². The third kappa shape index (κ3) is 6.46. The monoisotopic (exact) mass is 545 g/mol. The summed E-state index contributed by atoms with van der Waals surface area (Å²) in [4.78, 5) is 18.4. The molecule has 0 spiro atoms. The van der Waals surface area contributed by atoms with Crippen LogP contribution < -0.4 is 14.9 Å². The summed E-state index contributed by atoms with van der Waals surface area (Å²) in [5.74, 6) is 0.0921. The lowest BCUT2D eigenvalue weighted by atomic mass is 9.87. The Morgan fingerprint density at radius 3 is 2.11 bits per heavy atom. The zero-order valence-corrected chi connectivity index (χ0v) is 24.7. The number of sulfonamides is 1. The second kappa shape index (κ2) is 12.0. The van der Waals surface area contributed by atoms with Crippen LogP contribution in [0.3, 0.4) is 0 Å². The number of nitrogens with zero attached hydrogens (tertiary/aromatic N) is 3. The van der Waals surface area contributed by atoms with Crippen LogP contribution in [0.2, 0.25) is 0 Å². The molecule has 0 amide bonds. The maximum Gasteiger partial charge on any atom is 0.277 e. The summed E-state index contributed by atoms with van der Waals surface area (Å²) in [5, 5.41) is 15.8. The first-order valence-corrected chi connectivity index (χ1v) is 15.0. The van der Waals surface area contributed by atoms with E-state index in [0.29, 0.717) is 23.4 Å². The fraction of sp³-hybridized carbons (Fsp3) is 0.607. The summed E-state index contributed by atoms with van der Waals surface area (Å²) < 4.78 is 31.3. The Hall–Kier alpha value is -2.72. The Kier molecular flexibility index (Phi) is 9.41. The van der Waals surface area contributed by atoms with Crippen molar-refractivity contribution in [3.8, 4) is 0 Å². The minimum Gasteiger partial charge on any atom is -0.378 e. The average molecular weight is 546 g/mol. The number of hydrogen-bond donors (Lipinski definition) is 2. The number of benzene rings is 1. The van der Waals surface area contributed by atoms with E-state index >= 15 is 0 Å². The SMILES string of the molecule is CC(C)c1cc(C(C)C)c(S(=O)(=O)N[C@@H]2CCCC[C@H]2Nc2cc(N(C)C)ccn2)c(C(C)C)c1[N+](=O)[O-]. The Morgan fingerprint density at radius 2 is 1.58 bits per heavy atom. The van der Waals surface area contributed by atoms with Crippen LogP contribution in [0.5, 0.6) is 0 Å². The summed E-state index contributed by atoms with van der Waals surface area (Å²) in [5.41, 5.74) is 2.40. The standard InChI is InChI=1S/C28H43N5O4S/c1-17(2)21-16-22(18(3)4)28(26(19(5)6)27(21)33(34)35)38(36,37)31-24-12-10-9-11-23(24)30-25-15-20(32(7)8)13-14-29-25/h13-19,23-24,31H,9-12H2,1-8H3,(H,29,30)/t23-,24-/m1/s1. The van der Waals surface area contributed by atoms with Gasteiger partial charge < -0.3 is 10.2 Å². The van der Waals surface area contributed by atoms with E-state index in [4.69, 9.17) is 0 Å². The van der Waals surface area contributed by atoms with E-state index in [-0.39, 0.29) is 46.0 Å². The van der Waals surface area contributed by atoms with Crippen LogP contribution in [-0.2, 0) is 10.0 Å². The molecule has 2 aromatic rings. The smallest absolute Gasteiger partial charge is 0.277 e. The molecule has 2 N–H and O–H groups in total. The predicted octanol–water partition coefficient (Wildman–Crippen LogP) is 6.13. The second-order valence-corrected chi connectivity index (χ2v) is 13.1. The molecule has 0 saturated heterocycles. The van der Waals surface area contributed by atoms with E-state index in [1.807, 2.05) is 72.7 Å². The molecule has 0 radical (unpaired) electrons. The van der Waals surface area contributed by atoms with E-state index in [2.05, 4.69) is 15.0 Å². The summed E-state index contributed by atoms with van der Waals surface area (Å²) >= 11 is 0. The fourth-order valence-corrected chi connectivity index (χ4v) is 7.32. The van der Waals surface area contributed by atoms with Gasteiger partial charge in [-0.2, -0.15) is 0 Å². The molecule has 1 saturated carbocycles. The molecule has 210 valence electrons. The normalized spacial score (nSPS) is 18.3. The lowest BCUT2D eigenvalue weighted by Crippen LogP contribution is -2.49. The van der Waals surface area contributed by atoms with Crippen LogP contribution in [0.15, 0.2) is 29.3 Å². The van der Waals surface area contributed by atoms with Crippen molar-refractivity contribution >= 4 is 27.2 Å². The van der Waals surface area contributed by atoms with Crippen molar-refractivity contribution in [2.24, 2.45) is 0 Å². The van der Waals surface area contributed by atoms with E-state index in [0.717, 1.165) is 24.9 Å². The highest BCUT2D eigenvalue weighted by Crippen LogP contribution is 2.43. The molecule has 0 bridgehead atoms. The number of anilines is 2. The van der Waals surface area contributed by atoms with Crippen molar-refractivity contribution in [2.75, 3.05) is 24.3 Å². The average Bonchev–Trinajstić information content (AvgIpc) is 2.83. The summed E-state index contributed by atoms with van der Waals surface area (Å²) in [6, 6.07) is 5.07. The lowest BCUT2D eigenvalue weighted by molar-refractivity contribution is -0.386. The molecule has 0 unspecified atom stereocenters. The first-order chi connectivity index (χ1) is 17.7. The Labute approximate surface area is 227 Å². The molecular weight excluding hydrogens is 502 g/mol.